The number of anilines is 1. The molecule has 2 aromatic heterocycles. The van der Waals surface area contributed by atoms with E-state index in [1.165, 1.54) is 24.4 Å². The largest absolute Gasteiger partial charge is 0.434 e. The molecule has 3 N–H and O–H groups in total. The molecule has 3 aromatic rings. The van der Waals surface area contributed by atoms with Gasteiger partial charge in [-0.25, -0.2) is 18.7 Å². The van der Waals surface area contributed by atoms with Crippen LogP contribution in [-0.4, -0.2) is 31.8 Å². The number of alkyl halides is 6. The minimum absolute atomic E-state index is 0.0192. The van der Waals surface area contributed by atoms with Gasteiger partial charge in [-0.05, 0) is 24.1 Å². The van der Waals surface area contributed by atoms with Gasteiger partial charge in [-0.3, -0.25) is 4.40 Å². The van der Waals surface area contributed by atoms with Crippen LogP contribution in [0.3, 0.4) is 0 Å². The van der Waals surface area contributed by atoms with Crippen molar-refractivity contribution in [3.8, 4) is 11.3 Å². The second kappa shape index (κ2) is 6.85. The zero-order chi connectivity index (χ0) is 20.9. The van der Waals surface area contributed by atoms with Gasteiger partial charge in [0.2, 0.25) is 0 Å². The number of nitrogens with zero attached hydrogens (tertiary/aromatic N) is 3. The third-order valence-corrected chi connectivity index (χ3v) is 4.79. The Labute approximate surface area is 160 Å². The van der Waals surface area contributed by atoms with Crippen LogP contribution < -0.4 is 5.73 Å². The summed E-state index contributed by atoms with van der Waals surface area (Å²) >= 11 is 5.54. The Kier molecular flexibility index (Phi) is 4.96. The minimum atomic E-state index is -4.74. The average molecular weight is 421 g/mol. The van der Waals surface area contributed by atoms with Gasteiger partial charge in [-0.15, -0.1) is 11.6 Å². The highest BCUT2D eigenvalue weighted by molar-refractivity contribution is 6.18. The van der Waals surface area contributed by atoms with Gasteiger partial charge in [0.25, 0.3) is 6.43 Å². The van der Waals surface area contributed by atoms with Crippen LogP contribution in [0.25, 0.3) is 16.9 Å². The number of halogens is 6. The number of benzene rings is 1. The van der Waals surface area contributed by atoms with Gasteiger partial charge < -0.3 is 10.8 Å². The van der Waals surface area contributed by atoms with Crippen molar-refractivity contribution < 1.29 is 27.1 Å². The van der Waals surface area contributed by atoms with Crippen LogP contribution in [0, 0.1) is 6.92 Å². The van der Waals surface area contributed by atoms with E-state index in [1.54, 1.807) is 6.92 Å². The van der Waals surface area contributed by atoms with Crippen LogP contribution in [0.1, 0.15) is 16.8 Å². The van der Waals surface area contributed by atoms with Crippen molar-refractivity contribution in [1.29, 1.82) is 0 Å². The molecule has 0 aliphatic rings. The average Bonchev–Trinajstić information content (AvgIpc) is 3.05. The fourth-order valence-electron chi connectivity index (χ4n) is 2.78. The molecule has 28 heavy (non-hydrogen) atoms. The van der Waals surface area contributed by atoms with Crippen molar-refractivity contribution in [2.24, 2.45) is 0 Å². The van der Waals surface area contributed by atoms with Crippen molar-refractivity contribution in [2.45, 2.75) is 25.1 Å². The molecule has 150 valence electrons. The topological polar surface area (TPSA) is 76.4 Å². The fraction of sp³-hybridized carbons (Fsp3) is 0.294. The maximum absolute atomic E-state index is 13.3. The predicted octanol–water partition coefficient (Wildman–Crippen LogP) is 4.00. The van der Waals surface area contributed by atoms with Crippen LogP contribution in [0.5, 0.6) is 0 Å². The van der Waals surface area contributed by atoms with E-state index in [9.17, 15) is 27.1 Å². The highest BCUT2D eigenvalue weighted by Gasteiger charge is 2.39. The normalized spacial score (nSPS) is 14.6. The Morgan fingerprint density at radius 2 is 1.96 bits per heavy atom. The lowest BCUT2D eigenvalue weighted by Crippen LogP contribution is -2.36. The Bertz CT molecular complexity index is 1040. The lowest BCUT2D eigenvalue weighted by atomic mass is 9.92. The molecule has 0 saturated heterocycles. The first-order valence-corrected chi connectivity index (χ1v) is 8.41. The van der Waals surface area contributed by atoms with E-state index >= 15 is 0 Å². The van der Waals surface area contributed by atoms with Crippen LogP contribution in [0.4, 0.5) is 27.8 Å². The number of nitrogens with two attached hydrogens (primary N) is 1. The van der Waals surface area contributed by atoms with Crippen molar-refractivity contribution in [2.75, 3.05) is 11.6 Å². The highest BCUT2D eigenvalue weighted by atomic mass is 35.5. The fourth-order valence-corrected chi connectivity index (χ4v) is 3.05. The highest BCUT2D eigenvalue weighted by Crippen LogP contribution is 2.35. The van der Waals surface area contributed by atoms with Gasteiger partial charge in [0, 0.05) is 11.8 Å². The number of aromatic nitrogens is 3. The number of hydrogen-bond donors (Lipinski definition) is 2. The second-order valence-electron chi connectivity index (χ2n) is 6.23. The molecule has 0 bridgehead atoms. The summed E-state index contributed by atoms with van der Waals surface area (Å²) in [5.41, 5.74) is 2.57. The van der Waals surface area contributed by atoms with E-state index in [-0.39, 0.29) is 22.5 Å². The minimum Gasteiger partial charge on any atom is -0.381 e. The third kappa shape index (κ3) is 3.26. The first-order valence-electron chi connectivity index (χ1n) is 7.87. The monoisotopic (exact) mass is 420 g/mol. The zero-order valence-electron chi connectivity index (χ0n) is 14.3. The Morgan fingerprint density at radius 1 is 1.29 bits per heavy atom. The molecule has 5 nitrogen and oxygen atoms in total. The van der Waals surface area contributed by atoms with Crippen molar-refractivity contribution in [3.63, 3.8) is 0 Å². The molecule has 0 radical (unpaired) electrons. The molecule has 0 aliphatic heterocycles. The molecule has 1 aromatic carbocycles. The van der Waals surface area contributed by atoms with Crippen molar-refractivity contribution >= 4 is 23.1 Å². The first kappa shape index (κ1) is 20.3. The standard InChI is InChI=1S/C17H14ClF5N4O/c1-8-2-3-9(16(28,7-18)15(19)20)4-10(8)11-5-25-14-13(24)26-12(6-27(11)14)17(21,22)23/h2-6,15,28H,7H2,1H3,(H2,24,26). The van der Waals surface area contributed by atoms with Gasteiger partial charge in [-0.2, -0.15) is 13.2 Å². The lowest BCUT2D eigenvalue weighted by Gasteiger charge is -2.26. The molecule has 2 heterocycles. The molecule has 0 fully saturated rings. The number of hydrogen-bond acceptors (Lipinski definition) is 4. The maximum atomic E-state index is 13.3. The summed E-state index contributed by atoms with van der Waals surface area (Å²) in [6.07, 6.45) is -5.93. The van der Waals surface area contributed by atoms with Gasteiger partial charge in [0.1, 0.15) is 0 Å². The van der Waals surface area contributed by atoms with E-state index < -0.39 is 35.6 Å². The van der Waals surface area contributed by atoms with Crippen LogP contribution >= 0.6 is 11.6 Å². The summed E-state index contributed by atoms with van der Waals surface area (Å²) in [6.45, 7) is 1.63. The Hall–Kier alpha value is -2.46. The van der Waals surface area contributed by atoms with E-state index in [1.807, 2.05) is 0 Å². The SMILES string of the molecule is Cc1ccc(C(O)(CCl)C(F)F)cc1-c1cnc2c(N)nc(C(F)(F)F)cn12. The smallest absolute Gasteiger partial charge is 0.381 e. The summed E-state index contributed by atoms with van der Waals surface area (Å²) in [5, 5.41) is 10.2. The molecule has 0 spiro atoms. The van der Waals surface area contributed by atoms with Crippen molar-refractivity contribution in [1.82, 2.24) is 14.4 Å². The lowest BCUT2D eigenvalue weighted by molar-refractivity contribution is -0.141. The van der Waals surface area contributed by atoms with Crippen LogP contribution in [0.2, 0.25) is 0 Å². The molecular formula is C17H14ClF5N4O. The number of nitrogen functional groups attached to an aromatic ring is 1. The number of fused-ring (bicyclic) bond motifs is 1. The van der Waals surface area contributed by atoms with Gasteiger partial charge >= 0.3 is 6.18 Å². The summed E-state index contributed by atoms with van der Waals surface area (Å²) in [7, 11) is 0. The van der Waals surface area contributed by atoms with Crippen LogP contribution in [0.15, 0.2) is 30.6 Å². The Balaban J connectivity index is 2.26. The van der Waals surface area contributed by atoms with Gasteiger partial charge in [-0.1, -0.05) is 12.1 Å². The summed E-state index contributed by atoms with van der Waals surface area (Å²) < 4.78 is 67.0. The molecule has 1 unspecified atom stereocenters. The van der Waals surface area contributed by atoms with E-state index in [0.29, 0.717) is 5.56 Å². The van der Waals surface area contributed by atoms with E-state index in [0.717, 1.165) is 10.6 Å². The first-order chi connectivity index (χ1) is 13.0. The van der Waals surface area contributed by atoms with Crippen molar-refractivity contribution in [3.05, 3.63) is 47.4 Å². The quantitative estimate of drug-likeness (QED) is 0.494. The van der Waals surface area contributed by atoms with Crippen LogP contribution in [-0.2, 0) is 11.8 Å². The molecule has 0 aliphatic carbocycles. The zero-order valence-corrected chi connectivity index (χ0v) is 15.1. The van der Waals surface area contributed by atoms with E-state index in [4.69, 9.17) is 17.3 Å². The molecular weight excluding hydrogens is 407 g/mol. The molecule has 0 saturated carbocycles. The number of aliphatic hydroxyl groups is 1. The van der Waals surface area contributed by atoms with Gasteiger partial charge in [0.05, 0.1) is 17.8 Å². The van der Waals surface area contributed by atoms with E-state index in [2.05, 4.69) is 9.97 Å². The number of aryl methyl sites for hydroxylation is 1. The number of rotatable bonds is 4. The Morgan fingerprint density at radius 3 is 2.54 bits per heavy atom. The molecule has 11 heteroatoms. The second-order valence-corrected chi connectivity index (χ2v) is 6.50. The summed E-state index contributed by atoms with van der Waals surface area (Å²) in [5.74, 6) is -1.20. The van der Waals surface area contributed by atoms with Gasteiger partial charge in [0.15, 0.2) is 22.8 Å². The molecule has 0 amide bonds. The summed E-state index contributed by atoms with van der Waals surface area (Å²) in [6, 6.07) is 3.99. The molecule has 1 atom stereocenters. The predicted molar refractivity (Wildman–Crippen MR) is 93.2 cm³/mol. The number of imidazole rings is 1. The summed E-state index contributed by atoms with van der Waals surface area (Å²) in [4.78, 5) is 7.29. The third-order valence-electron chi connectivity index (χ3n) is 4.39. The maximum Gasteiger partial charge on any atom is 0.434 e. The molecule has 3 rings (SSSR count).